The molecule has 0 aliphatic heterocycles. The van der Waals surface area contributed by atoms with E-state index >= 15 is 0 Å². The first-order valence-electron chi connectivity index (χ1n) is 3.55. The number of rotatable bonds is 0. The average molecular weight is 127 g/mol. The highest BCUT2D eigenvalue weighted by Gasteiger charge is 2.91. The third kappa shape index (κ3) is 0.134. The average Bonchev–Trinajstić information content (AvgIpc) is 2.34. The molecule has 5 rings (SSSR count). The molecule has 0 saturated heterocycles. The predicted octanol–water partition coefficient (Wildman–Crippen LogP) is 1.35. The van der Waals surface area contributed by atoms with Crippen molar-refractivity contribution in [2.24, 2.45) is 35.5 Å². The molecule has 0 aromatic carbocycles. The summed E-state index contributed by atoms with van der Waals surface area (Å²) in [5.41, 5.74) is 0. The van der Waals surface area contributed by atoms with Crippen LogP contribution >= 0.6 is 11.6 Å². The Bertz CT molecular complexity index is 145. The van der Waals surface area contributed by atoms with Gasteiger partial charge < -0.3 is 0 Å². The highest BCUT2D eigenvalue weighted by molar-refractivity contribution is 6.22. The second-order valence-electron chi connectivity index (χ2n) is 3.91. The molecule has 0 aromatic heterocycles. The van der Waals surface area contributed by atoms with Gasteiger partial charge in [-0.2, -0.15) is 0 Å². The quantitative estimate of drug-likeness (QED) is 0.430. The topological polar surface area (TPSA) is 0 Å². The lowest BCUT2D eigenvalue weighted by atomic mass is 10.0. The summed E-state index contributed by atoms with van der Waals surface area (Å²) in [5.74, 6) is 6.69. The maximum atomic E-state index is 6.12. The van der Waals surface area contributed by atoms with Crippen LogP contribution in [-0.4, -0.2) is 5.38 Å². The van der Waals surface area contributed by atoms with Crippen LogP contribution in [0.2, 0.25) is 0 Å². The Hall–Kier alpha value is 0.290. The van der Waals surface area contributed by atoms with Crippen molar-refractivity contribution >= 4 is 11.6 Å². The van der Waals surface area contributed by atoms with Crippen molar-refractivity contribution in [3.8, 4) is 0 Å². The summed E-state index contributed by atoms with van der Waals surface area (Å²) in [6.07, 6.45) is 0. The van der Waals surface area contributed by atoms with Crippen LogP contribution in [0, 0.1) is 35.5 Å². The zero-order chi connectivity index (χ0) is 5.04. The third-order valence-electron chi connectivity index (χ3n) is 4.01. The van der Waals surface area contributed by atoms with Gasteiger partial charge in [0.05, 0.1) is 0 Å². The lowest BCUT2D eigenvalue weighted by molar-refractivity contribution is 0.434. The number of hydrogen-bond acceptors (Lipinski definition) is 0. The standard InChI is InChI=1S/C7H7Cl/c8-7-5-1-2(5)4-3(1)6(4)7/h1-7H. The minimum absolute atomic E-state index is 0.639. The molecule has 0 radical (unpaired) electrons. The molecule has 5 fully saturated rings. The molecule has 0 nitrogen and oxygen atoms in total. The minimum atomic E-state index is 0.639. The fourth-order valence-electron chi connectivity index (χ4n) is 3.78. The summed E-state index contributed by atoms with van der Waals surface area (Å²) in [5, 5.41) is 0.639. The van der Waals surface area contributed by atoms with Crippen LogP contribution in [0.15, 0.2) is 0 Å². The van der Waals surface area contributed by atoms with Crippen LogP contribution < -0.4 is 0 Å². The lowest BCUT2D eigenvalue weighted by Gasteiger charge is -2.03. The van der Waals surface area contributed by atoms with E-state index in [1.165, 1.54) is 0 Å². The number of halogens is 1. The van der Waals surface area contributed by atoms with Crippen LogP contribution in [0.5, 0.6) is 0 Å². The molecule has 5 saturated carbocycles. The molecule has 0 atom stereocenters. The van der Waals surface area contributed by atoms with Crippen LogP contribution in [0.1, 0.15) is 0 Å². The maximum Gasteiger partial charge on any atom is 0.0403 e. The van der Waals surface area contributed by atoms with E-state index in [2.05, 4.69) is 0 Å². The zero-order valence-corrected chi connectivity index (χ0v) is 5.18. The molecule has 0 aromatic rings. The summed E-state index contributed by atoms with van der Waals surface area (Å²) in [6, 6.07) is 0. The second-order valence-corrected chi connectivity index (χ2v) is 4.41. The first kappa shape index (κ1) is 3.46. The fraction of sp³-hybridized carbons (Fsp3) is 1.00. The van der Waals surface area contributed by atoms with Gasteiger partial charge in [0.15, 0.2) is 0 Å². The first-order valence-corrected chi connectivity index (χ1v) is 3.99. The van der Waals surface area contributed by atoms with Gasteiger partial charge in [0.2, 0.25) is 0 Å². The lowest BCUT2D eigenvalue weighted by Crippen LogP contribution is -2.00. The highest BCUT2D eigenvalue weighted by Crippen LogP contribution is 2.92. The molecular formula is C7H7Cl. The van der Waals surface area contributed by atoms with E-state index in [1.807, 2.05) is 0 Å². The van der Waals surface area contributed by atoms with Crippen molar-refractivity contribution < 1.29 is 0 Å². The summed E-state index contributed by atoms with van der Waals surface area (Å²) in [4.78, 5) is 0. The molecule has 1 heteroatoms. The van der Waals surface area contributed by atoms with E-state index in [4.69, 9.17) is 11.6 Å². The Morgan fingerprint density at radius 3 is 1.12 bits per heavy atom. The smallest absolute Gasteiger partial charge is 0.0403 e. The van der Waals surface area contributed by atoms with Crippen molar-refractivity contribution in [1.29, 1.82) is 0 Å². The van der Waals surface area contributed by atoms with E-state index in [0.29, 0.717) is 5.38 Å². The van der Waals surface area contributed by atoms with Gasteiger partial charge in [0, 0.05) is 5.38 Å². The van der Waals surface area contributed by atoms with Gasteiger partial charge in [-0.3, -0.25) is 0 Å². The van der Waals surface area contributed by atoms with Crippen molar-refractivity contribution in [1.82, 2.24) is 0 Å². The fourth-order valence-corrected chi connectivity index (χ4v) is 4.45. The summed E-state index contributed by atoms with van der Waals surface area (Å²) < 4.78 is 0. The van der Waals surface area contributed by atoms with E-state index < -0.39 is 0 Å². The molecule has 42 valence electrons. The van der Waals surface area contributed by atoms with Crippen molar-refractivity contribution in [2.75, 3.05) is 0 Å². The van der Waals surface area contributed by atoms with E-state index in [1.54, 1.807) is 0 Å². The van der Waals surface area contributed by atoms with Crippen LogP contribution in [0.3, 0.4) is 0 Å². The molecule has 0 spiro atoms. The van der Waals surface area contributed by atoms with E-state index in [-0.39, 0.29) is 0 Å². The summed E-state index contributed by atoms with van der Waals surface area (Å²) in [7, 11) is 0. The first-order chi connectivity index (χ1) is 3.91. The summed E-state index contributed by atoms with van der Waals surface area (Å²) >= 11 is 6.12. The second kappa shape index (κ2) is 0.636. The molecular weight excluding hydrogens is 120 g/mol. The zero-order valence-electron chi connectivity index (χ0n) is 4.42. The molecule has 5 aliphatic rings. The largest absolute Gasteiger partial charge is 0.122 e. The monoisotopic (exact) mass is 126 g/mol. The van der Waals surface area contributed by atoms with Crippen molar-refractivity contribution in [2.45, 2.75) is 5.38 Å². The maximum absolute atomic E-state index is 6.12. The van der Waals surface area contributed by atoms with Crippen molar-refractivity contribution in [3.63, 3.8) is 0 Å². The summed E-state index contributed by atoms with van der Waals surface area (Å²) in [6.45, 7) is 0. The SMILES string of the molecule is ClC1C2C3C2C2C1C32. The molecule has 0 unspecified atom stereocenters. The highest BCUT2D eigenvalue weighted by atomic mass is 35.5. The number of alkyl halides is 1. The Labute approximate surface area is 53.2 Å². The Morgan fingerprint density at radius 2 is 1.00 bits per heavy atom. The van der Waals surface area contributed by atoms with Crippen LogP contribution in [0.4, 0.5) is 0 Å². The minimum Gasteiger partial charge on any atom is -0.122 e. The molecule has 0 heterocycles. The van der Waals surface area contributed by atoms with Gasteiger partial charge in [0.25, 0.3) is 0 Å². The molecule has 5 aliphatic carbocycles. The van der Waals surface area contributed by atoms with Crippen LogP contribution in [-0.2, 0) is 0 Å². The van der Waals surface area contributed by atoms with Gasteiger partial charge in [-0.15, -0.1) is 11.6 Å². The van der Waals surface area contributed by atoms with Gasteiger partial charge in [-0.1, -0.05) is 0 Å². The molecule has 8 heavy (non-hydrogen) atoms. The Morgan fingerprint density at radius 1 is 0.625 bits per heavy atom. The Kier molecular flexibility index (Phi) is 0.275. The number of hydrogen-bond donors (Lipinski definition) is 0. The molecule has 0 amide bonds. The third-order valence-corrected chi connectivity index (χ3v) is 4.59. The van der Waals surface area contributed by atoms with Gasteiger partial charge in [-0.25, -0.2) is 0 Å². The van der Waals surface area contributed by atoms with E-state index in [9.17, 15) is 0 Å². The molecule has 2 bridgehead atoms. The Balaban J connectivity index is 2.06. The predicted molar refractivity (Wildman–Crippen MR) is 30.6 cm³/mol. The van der Waals surface area contributed by atoms with Gasteiger partial charge >= 0.3 is 0 Å². The van der Waals surface area contributed by atoms with Gasteiger partial charge in [-0.05, 0) is 35.5 Å². The van der Waals surface area contributed by atoms with E-state index in [0.717, 1.165) is 35.5 Å². The van der Waals surface area contributed by atoms with Gasteiger partial charge in [0.1, 0.15) is 0 Å². The van der Waals surface area contributed by atoms with Crippen LogP contribution in [0.25, 0.3) is 0 Å². The normalized spacial score (nSPS) is 94.9. The molecule has 0 N–H and O–H groups in total. The van der Waals surface area contributed by atoms with Crippen molar-refractivity contribution in [3.05, 3.63) is 0 Å².